The topological polar surface area (TPSA) is 22.1 Å². The van der Waals surface area contributed by atoms with E-state index in [9.17, 15) is 0 Å². The van der Waals surface area contributed by atoms with E-state index >= 15 is 0 Å². The normalized spacial score (nSPS) is 10.7. The molecule has 0 aliphatic carbocycles. The van der Waals surface area contributed by atoms with Gasteiger partial charge in [-0.1, -0.05) is 6.07 Å². The third-order valence-corrected chi connectivity index (χ3v) is 2.12. The number of rotatable bonds is 3. The van der Waals surface area contributed by atoms with Gasteiger partial charge in [-0.05, 0) is 35.8 Å². The maximum Gasteiger partial charge on any atom is 0.111 e. The highest BCUT2D eigenvalue weighted by Crippen LogP contribution is 2.13. The lowest BCUT2D eigenvalue weighted by molar-refractivity contribution is 0.0652. The Morgan fingerprint density at radius 2 is 2.33 bits per heavy atom. The minimum absolute atomic E-state index is 0.261. The average Bonchev–Trinajstić information content (AvgIpc) is 2.03. The second-order valence-corrected chi connectivity index (χ2v) is 3.56. The fourth-order valence-corrected chi connectivity index (χ4v) is 1.15. The van der Waals surface area contributed by atoms with E-state index in [1.165, 1.54) is 0 Å². The molecule has 0 atom stereocenters. The molecule has 12 heavy (non-hydrogen) atoms. The lowest BCUT2D eigenvalue weighted by Crippen LogP contribution is -2.02. The van der Waals surface area contributed by atoms with Crippen molar-refractivity contribution in [2.75, 3.05) is 0 Å². The Morgan fingerprint density at radius 3 is 2.92 bits per heavy atom. The molecule has 0 spiro atoms. The highest BCUT2D eigenvalue weighted by Gasteiger charge is 2.00. The Morgan fingerprint density at radius 1 is 1.58 bits per heavy atom. The summed E-state index contributed by atoms with van der Waals surface area (Å²) >= 11 is 3.36. The van der Waals surface area contributed by atoms with Gasteiger partial charge in [-0.3, -0.25) is 0 Å². The second-order valence-electron chi connectivity index (χ2n) is 2.81. The van der Waals surface area contributed by atoms with Crippen LogP contribution in [0.1, 0.15) is 19.4 Å². The number of ether oxygens (including phenoxy) is 1. The molecule has 0 N–H and O–H groups in total. The molecule has 0 bridgehead atoms. The molecule has 0 aliphatic heterocycles. The van der Waals surface area contributed by atoms with Crippen LogP contribution in [0.5, 0.6) is 0 Å². The van der Waals surface area contributed by atoms with Gasteiger partial charge in [0.15, 0.2) is 0 Å². The summed E-state index contributed by atoms with van der Waals surface area (Å²) in [6.07, 6.45) is 2.01. The van der Waals surface area contributed by atoms with Crippen LogP contribution in [0.15, 0.2) is 22.9 Å². The van der Waals surface area contributed by atoms with Gasteiger partial charge < -0.3 is 4.74 Å². The molecular formula is C9H12BrNO. The molecule has 0 unspecified atom stereocenters. The third kappa shape index (κ3) is 2.91. The molecule has 3 heteroatoms. The summed E-state index contributed by atoms with van der Waals surface area (Å²) in [4.78, 5) is 4.09. The molecule has 66 valence electrons. The van der Waals surface area contributed by atoms with Gasteiger partial charge in [-0.15, -0.1) is 0 Å². The van der Waals surface area contributed by atoms with E-state index in [-0.39, 0.29) is 6.10 Å². The molecule has 2 nitrogen and oxygen atoms in total. The van der Waals surface area contributed by atoms with Crippen LogP contribution in [0.25, 0.3) is 0 Å². The average molecular weight is 230 g/mol. The standard InChI is InChI=1S/C9H12BrNO/c1-7(2)12-6-8-4-3-5-11-9(8)10/h3-5,7H,6H2,1-2H3. The summed E-state index contributed by atoms with van der Waals surface area (Å²) in [6.45, 7) is 4.65. The summed E-state index contributed by atoms with van der Waals surface area (Å²) in [5.74, 6) is 0. The van der Waals surface area contributed by atoms with E-state index in [2.05, 4.69) is 20.9 Å². The summed E-state index contributed by atoms with van der Waals surface area (Å²) in [7, 11) is 0. The Kier molecular flexibility index (Phi) is 3.69. The van der Waals surface area contributed by atoms with Gasteiger partial charge >= 0.3 is 0 Å². The lowest BCUT2D eigenvalue weighted by atomic mass is 10.3. The van der Waals surface area contributed by atoms with E-state index in [0.29, 0.717) is 6.61 Å². The van der Waals surface area contributed by atoms with Crippen molar-refractivity contribution in [3.8, 4) is 0 Å². The number of nitrogens with zero attached hydrogens (tertiary/aromatic N) is 1. The van der Waals surface area contributed by atoms with Gasteiger partial charge in [-0.25, -0.2) is 4.98 Å². The van der Waals surface area contributed by atoms with Crippen LogP contribution in [0, 0.1) is 0 Å². The first-order valence-electron chi connectivity index (χ1n) is 3.91. The van der Waals surface area contributed by atoms with E-state index in [4.69, 9.17) is 4.74 Å². The minimum Gasteiger partial charge on any atom is -0.374 e. The first-order chi connectivity index (χ1) is 5.70. The maximum absolute atomic E-state index is 5.44. The zero-order chi connectivity index (χ0) is 8.97. The van der Waals surface area contributed by atoms with Crippen LogP contribution in [0.3, 0.4) is 0 Å². The molecule has 0 fully saturated rings. The van der Waals surface area contributed by atoms with E-state index in [1.807, 2.05) is 26.0 Å². The van der Waals surface area contributed by atoms with E-state index in [1.54, 1.807) is 6.20 Å². The number of hydrogen-bond donors (Lipinski definition) is 0. The van der Waals surface area contributed by atoms with Crippen molar-refractivity contribution in [1.82, 2.24) is 4.98 Å². The molecule has 0 aliphatic rings. The number of hydrogen-bond acceptors (Lipinski definition) is 2. The Bertz CT molecular complexity index is 250. The Labute approximate surface area is 81.1 Å². The minimum atomic E-state index is 0.261. The smallest absolute Gasteiger partial charge is 0.111 e. The predicted octanol–water partition coefficient (Wildman–Crippen LogP) is 2.77. The molecule has 0 radical (unpaired) electrons. The molecule has 0 saturated heterocycles. The number of aromatic nitrogens is 1. The highest BCUT2D eigenvalue weighted by molar-refractivity contribution is 9.10. The number of halogens is 1. The zero-order valence-corrected chi connectivity index (χ0v) is 8.84. The summed E-state index contributed by atoms with van der Waals surface area (Å²) in [5, 5.41) is 0. The lowest BCUT2D eigenvalue weighted by Gasteiger charge is -2.07. The van der Waals surface area contributed by atoms with Crippen LogP contribution >= 0.6 is 15.9 Å². The number of pyridine rings is 1. The zero-order valence-electron chi connectivity index (χ0n) is 7.25. The molecule has 1 rings (SSSR count). The van der Waals surface area contributed by atoms with Crippen LogP contribution in [0.4, 0.5) is 0 Å². The SMILES string of the molecule is CC(C)OCc1cccnc1Br. The van der Waals surface area contributed by atoms with Gasteiger partial charge in [0.05, 0.1) is 12.7 Å². The highest BCUT2D eigenvalue weighted by atomic mass is 79.9. The quantitative estimate of drug-likeness (QED) is 0.745. The largest absolute Gasteiger partial charge is 0.374 e. The first-order valence-corrected chi connectivity index (χ1v) is 4.70. The Balaban J connectivity index is 2.57. The molecule has 1 aromatic rings. The fourth-order valence-electron chi connectivity index (χ4n) is 0.783. The molecule has 0 amide bonds. The van der Waals surface area contributed by atoms with Gasteiger partial charge in [0.25, 0.3) is 0 Å². The summed E-state index contributed by atoms with van der Waals surface area (Å²) in [6, 6.07) is 3.91. The fraction of sp³-hybridized carbons (Fsp3) is 0.444. The van der Waals surface area contributed by atoms with Crippen molar-refractivity contribution in [2.24, 2.45) is 0 Å². The van der Waals surface area contributed by atoms with Crippen molar-refractivity contribution in [3.05, 3.63) is 28.5 Å². The Hall–Kier alpha value is -0.410. The van der Waals surface area contributed by atoms with Crippen LogP contribution in [0.2, 0.25) is 0 Å². The van der Waals surface area contributed by atoms with E-state index in [0.717, 1.165) is 10.2 Å². The van der Waals surface area contributed by atoms with Crippen molar-refractivity contribution < 1.29 is 4.74 Å². The van der Waals surface area contributed by atoms with Gasteiger partial charge in [0, 0.05) is 11.8 Å². The molecule has 1 aromatic heterocycles. The van der Waals surface area contributed by atoms with Gasteiger partial charge in [-0.2, -0.15) is 0 Å². The van der Waals surface area contributed by atoms with E-state index < -0.39 is 0 Å². The molecule has 0 saturated carbocycles. The summed E-state index contributed by atoms with van der Waals surface area (Å²) in [5.41, 5.74) is 1.09. The first kappa shape index (κ1) is 9.68. The second kappa shape index (κ2) is 4.58. The van der Waals surface area contributed by atoms with Crippen LogP contribution in [-0.2, 0) is 11.3 Å². The molecule has 1 heterocycles. The van der Waals surface area contributed by atoms with Gasteiger partial charge in [0.2, 0.25) is 0 Å². The van der Waals surface area contributed by atoms with Crippen molar-refractivity contribution >= 4 is 15.9 Å². The predicted molar refractivity (Wildman–Crippen MR) is 51.9 cm³/mol. The van der Waals surface area contributed by atoms with Crippen molar-refractivity contribution in [1.29, 1.82) is 0 Å². The third-order valence-electron chi connectivity index (χ3n) is 1.41. The maximum atomic E-state index is 5.44. The van der Waals surface area contributed by atoms with Gasteiger partial charge in [0.1, 0.15) is 4.60 Å². The molecule has 0 aromatic carbocycles. The van der Waals surface area contributed by atoms with Crippen LogP contribution in [-0.4, -0.2) is 11.1 Å². The van der Waals surface area contributed by atoms with Crippen molar-refractivity contribution in [2.45, 2.75) is 26.6 Å². The van der Waals surface area contributed by atoms with Crippen molar-refractivity contribution in [3.63, 3.8) is 0 Å². The summed E-state index contributed by atoms with van der Waals surface area (Å²) < 4.78 is 6.31. The molecular weight excluding hydrogens is 218 g/mol. The van der Waals surface area contributed by atoms with Crippen LogP contribution < -0.4 is 0 Å². The monoisotopic (exact) mass is 229 g/mol.